The summed E-state index contributed by atoms with van der Waals surface area (Å²) in [5, 5.41) is 0. The molecule has 0 fully saturated rings. The van der Waals surface area contributed by atoms with Crippen LogP contribution in [-0.4, -0.2) is 5.97 Å². The van der Waals surface area contributed by atoms with Crippen molar-refractivity contribution in [2.45, 2.75) is 6.92 Å². The molecule has 2 nitrogen and oxygen atoms in total. The van der Waals surface area contributed by atoms with E-state index in [1.807, 2.05) is 19.1 Å². The number of rotatable bonds is 3. The second kappa shape index (κ2) is 6.10. The van der Waals surface area contributed by atoms with Crippen molar-refractivity contribution in [2.24, 2.45) is 0 Å². The van der Waals surface area contributed by atoms with Crippen LogP contribution < -0.4 is 4.74 Å². The molecule has 0 N–H and O–H groups in total. The number of esters is 1. The number of ether oxygens (including phenoxy) is 1. The van der Waals surface area contributed by atoms with Crippen molar-refractivity contribution in [3.8, 4) is 5.75 Å². The molecule has 0 aliphatic heterocycles. The minimum Gasteiger partial charge on any atom is -0.423 e. The zero-order valence-electron chi connectivity index (χ0n) is 10.8. The van der Waals surface area contributed by atoms with Crippen molar-refractivity contribution in [3.05, 3.63) is 71.3 Å². The van der Waals surface area contributed by atoms with E-state index in [0.29, 0.717) is 16.9 Å². The second-order valence-electron chi connectivity index (χ2n) is 4.26. The average Bonchev–Trinajstić information content (AvgIpc) is 2.41. The standard InChI is InChI=1S/C16H12F2O2/c1-11-2-6-13(7-3-11)16(19)20-14-8-4-12(5-9-14)10-15(17)18/h2-10H,1H3. The van der Waals surface area contributed by atoms with E-state index in [1.165, 1.54) is 24.3 Å². The molecule has 0 aliphatic carbocycles. The molecule has 2 rings (SSSR count). The van der Waals surface area contributed by atoms with Gasteiger partial charge in [0.2, 0.25) is 0 Å². The van der Waals surface area contributed by atoms with E-state index < -0.39 is 12.0 Å². The molecule has 0 amide bonds. The molecule has 0 saturated heterocycles. The number of carbonyl (C=O) groups is 1. The summed E-state index contributed by atoms with van der Waals surface area (Å²) in [6, 6.07) is 12.8. The fraction of sp³-hybridized carbons (Fsp3) is 0.0625. The Morgan fingerprint density at radius 1 is 1.00 bits per heavy atom. The third-order valence-electron chi connectivity index (χ3n) is 2.65. The third kappa shape index (κ3) is 3.75. The van der Waals surface area contributed by atoms with Gasteiger partial charge in [-0.05, 0) is 36.8 Å². The Kier molecular flexibility index (Phi) is 4.25. The number of hydrogen-bond donors (Lipinski definition) is 0. The third-order valence-corrected chi connectivity index (χ3v) is 2.65. The predicted molar refractivity (Wildman–Crippen MR) is 72.8 cm³/mol. The van der Waals surface area contributed by atoms with E-state index in [-0.39, 0.29) is 0 Å². The molecular weight excluding hydrogens is 262 g/mol. The van der Waals surface area contributed by atoms with Crippen LogP contribution in [0.25, 0.3) is 6.08 Å². The predicted octanol–water partition coefficient (Wildman–Crippen LogP) is 4.45. The van der Waals surface area contributed by atoms with Crippen LogP contribution in [-0.2, 0) is 0 Å². The smallest absolute Gasteiger partial charge is 0.343 e. The van der Waals surface area contributed by atoms with Crippen molar-refractivity contribution >= 4 is 12.0 Å². The number of benzene rings is 2. The van der Waals surface area contributed by atoms with Crippen LogP contribution in [0.15, 0.2) is 54.6 Å². The molecule has 0 radical (unpaired) electrons. The topological polar surface area (TPSA) is 26.3 Å². The Morgan fingerprint density at radius 2 is 1.60 bits per heavy atom. The van der Waals surface area contributed by atoms with Gasteiger partial charge in [0.25, 0.3) is 6.08 Å². The Bertz CT molecular complexity index is 625. The summed E-state index contributed by atoms with van der Waals surface area (Å²) in [6.07, 6.45) is -1.03. The van der Waals surface area contributed by atoms with Crippen LogP contribution in [0.4, 0.5) is 8.78 Å². The summed E-state index contributed by atoms with van der Waals surface area (Å²) < 4.78 is 29.3. The van der Waals surface area contributed by atoms with Crippen molar-refractivity contribution < 1.29 is 18.3 Å². The Labute approximate surface area is 115 Å². The highest BCUT2D eigenvalue weighted by atomic mass is 19.3. The van der Waals surface area contributed by atoms with Crippen LogP contribution in [0.3, 0.4) is 0 Å². The first-order valence-electron chi connectivity index (χ1n) is 5.96. The summed E-state index contributed by atoms with van der Waals surface area (Å²) >= 11 is 0. The van der Waals surface area contributed by atoms with E-state index in [0.717, 1.165) is 11.6 Å². The lowest BCUT2D eigenvalue weighted by Crippen LogP contribution is -2.08. The van der Waals surface area contributed by atoms with Crippen LogP contribution in [0.2, 0.25) is 0 Å². The molecule has 0 aliphatic rings. The maximum atomic E-state index is 12.1. The zero-order chi connectivity index (χ0) is 14.5. The summed E-state index contributed by atoms with van der Waals surface area (Å²) in [7, 11) is 0. The molecule has 0 aromatic heterocycles. The van der Waals surface area contributed by atoms with Gasteiger partial charge in [0.05, 0.1) is 5.56 Å². The highest BCUT2D eigenvalue weighted by Gasteiger charge is 2.07. The number of aryl methyl sites for hydroxylation is 1. The van der Waals surface area contributed by atoms with Gasteiger partial charge in [-0.25, -0.2) is 4.79 Å². The molecule has 102 valence electrons. The molecule has 2 aromatic carbocycles. The number of carbonyl (C=O) groups excluding carboxylic acids is 1. The first-order chi connectivity index (χ1) is 9.54. The monoisotopic (exact) mass is 274 g/mol. The van der Waals surface area contributed by atoms with Crippen molar-refractivity contribution in [3.63, 3.8) is 0 Å². The van der Waals surface area contributed by atoms with Gasteiger partial charge < -0.3 is 4.74 Å². The van der Waals surface area contributed by atoms with Gasteiger partial charge >= 0.3 is 5.97 Å². The summed E-state index contributed by atoms with van der Waals surface area (Å²) in [4.78, 5) is 11.8. The molecule has 0 spiro atoms. The minimum atomic E-state index is -1.77. The first-order valence-corrected chi connectivity index (χ1v) is 5.96. The Morgan fingerprint density at radius 3 is 2.15 bits per heavy atom. The van der Waals surface area contributed by atoms with Gasteiger partial charge in [0.15, 0.2) is 0 Å². The lowest BCUT2D eigenvalue weighted by atomic mass is 10.1. The van der Waals surface area contributed by atoms with E-state index in [9.17, 15) is 13.6 Å². The summed E-state index contributed by atoms with van der Waals surface area (Å²) in [5.74, 6) is -0.169. The average molecular weight is 274 g/mol. The molecule has 0 atom stereocenters. The van der Waals surface area contributed by atoms with Gasteiger partial charge in [-0.3, -0.25) is 0 Å². The maximum Gasteiger partial charge on any atom is 0.343 e. The molecule has 0 heterocycles. The van der Waals surface area contributed by atoms with Crippen LogP contribution in [0.1, 0.15) is 21.5 Å². The maximum absolute atomic E-state index is 12.1. The van der Waals surface area contributed by atoms with Gasteiger partial charge in [-0.2, -0.15) is 8.78 Å². The van der Waals surface area contributed by atoms with Gasteiger partial charge in [0.1, 0.15) is 5.75 Å². The second-order valence-corrected chi connectivity index (χ2v) is 4.26. The lowest BCUT2D eigenvalue weighted by molar-refractivity contribution is 0.0734. The van der Waals surface area contributed by atoms with Gasteiger partial charge in [0, 0.05) is 6.08 Å². The highest BCUT2D eigenvalue weighted by molar-refractivity contribution is 5.91. The minimum absolute atomic E-state index is 0.312. The molecule has 0 bridgehead atoms. The van der Waals surface area contributed by atoms with E-state index in [4.69, 9.17) is 4.74 Å². The van der Waals surface area contributed by atoms with Crippen LogP contribution in [0, 0.1) is 6.92 Å². The molecule has 0 unspecified atom stereocenters. The number of halogens is 2. The van der Waals surface area contributed by atoms with Gasteiger partial charge in [-0.1, -0.05) is 29.8 Å². The van der Waals surface area contributed by atoms with Gasteiger partial charge in [-0.15, -0.1) is 0 Å². The summed E-state index contributed by atoms with van der Waals surface area (Å²) in [6.45, 7) is 1.92. The first kappa shape index (κ1) is 13.9. The molecule has 0 saturated carbocycles. The fourth-order valence-electron chi connectivity index (χ4n) is 1.61. The quantitative estimate of drug-likeness (QED) is 0.610. The molecular formula is C16H12F2O2. The van der Waals surface area contributed by atoms with E-state index >= 15 is 0 Å². The summed E-state index contributed by atoms with van der Waals surface area (Å²) in [5.41, 5.74) is 1.83. The Hall–Kier alpha value is -2.49. The number of hydrogen-bond acceptors (Lipinski definition) is 2. The van der Waals surface area contributed by atoms with E-state index in [1.54, 1.807) is 12.1 Å². The SMILES string of the molecule is Cc1ccc(C(=O)Oc2ccc(C=C(F)F)cc2)cc1. The molecule has 2 aromatic rings. The Balaban J connectivity index is 2.08. The van der Waals surface area contributed by atoms with E-state index in [2.05, 4.69) is 0 Å². The zero-order valence-corrected chi connectivity index (χ0v) is 10.8. The highest BCUT2D eigenvalue weighted by Crippen LogP contribution is 2.17. The molecule has 4 heteroatoms. The molecule has 20 heavy (non-hydrogen) atoms. The van der Waals surface area contributed by atoms with Crippen LogP contribution in [0.5, 0.6) is 5.75 Å². The van der Waals surface area contributed by atoms with Crippen molar-refractivity contribution in [1.29, 1.82) is 0 Å². The van der Waals surface area contributed by atoms with Crippen LogP contribution >= 0.6 is 0 Å². The van der Waals surface area contributed by atoms with Crippen molar-refractivity contribution in [1.82, 2.24) is 0 Å². The largest absolute Gasteiger partial charge is 0.423 e. The van der Waals surface area contributed by atoms with Crippen molar-refractivity contribution in [2.75, 3.05) is 0 Å². The fourth-order valence-corrected chi connectivity index (χ4v) is 1.61. The lowest BCUT2D eigenvalue weighted by Gasteiger charge is -2.05. The normalized spacial score (nSPS) is 9.95.